The largest absolute Gasteiger partial charge is 0.491 e. The van der Waals surface area contributed by atoms with Crippen molar-refractivity contribution in [3.8, 4) is 5.75 Å². The summed E-state index contributed by atoms with van der Waals surface area (Å²) < 4.78 is 10.7. The Kier molecular flexibility index (Phi) is 2.29. The van der Waals surface area contributed by atoms with Crippen molar-refractivity contribution in [1.29, 1.82) is 0 Å². The first-order valence-electron chi connectivity index (χ1n) is 5.47. The minimum atomic E-state index is 0.0450. The van der Waals surface area contributed by atoms with Crippen LogP contribution in [-0.2, 0) is 4.74 Å². The summed E-state index contributed by atoms with van der Waals surface area (Å²) in [6.45, 7) is 2.63. The van der Waals surface area contributed by atoms with Crippen molar-refractivity contribution < 1.29 is 14.3 Å². The molecule has 1 aromatic carbocycles. The predicted octanol–water partition coefficient (Wildman–Crippen LogP) is 0.920. The maximum atomic E-state index is 12.2. The molecule has 84 valence electrons. The number of carbonyl (C=O) groups is 1. The third-order valence-electron chi connectivity index (χ3n) is 2.85. The van der Waals surface area contributed by atoms with Gasteiger partial charge in [0.25, 0.3) is 5.91 Å². The van der Waals surface area contributed by atoms with Crippen LogP contribution in [-0.4, -0.2) is 43.2 Å². The summed E-state index contributed by atoms with van der Waals surface area (Å²) in [5.74, 6) is 0.732. The van der Waals surface area contributed by atoms with Crippen molar-refractivity contribution in [2.75, 3.05) is 26.3 Å². The Balaban J connectivity index is 1.87. The van der Waals surface area contributed by atoms with Crippen LogP contribution in [0.15, 0.2) is 24.3 Å². The number of carbonyl (C=O) groups excluding carboxylic acids is 1. The zero-order chi connectivity index (χ0) is 11.0. The third kappa shape index (κ3) is 1.76. The van der Waals surface area contributed by atoms with Gasteiger partial charge in [0.15, 0.2) is 0 Å². The minimum Gasteiger partial charge on any atom is -0.491 e. The van der Waals surface area contributed by atoms with Gasteiger partial charge in [-0.2, -0.15) is 0 Å². The molecular formula is C12H13NO3. The SMILES string of the molecule is O=C1c2ccccc2OCCN1CC1CO1. The Bertz CT molecular complexity index is 414. The molecule has 0 N–H and O–H groups in total. The first-order chi connectivity index (χ1) is 7.84. The molecule has 0 radical (unpaired) electrons. The molecule has 0 aliphatic carbocycles. The summed E-state index contributed by atoms with van der Waals surface area (Å²) in [5.41, 5.74) is 0.653. The lowest BCUT2D eigenvalue weighted by Gasteiger charge is -2.18. The van der Waals surface area contributed by atoms with Crippen molar-refractivity contribution in [1.82, 2.24) is 4.90 Å². The van der Waals surface area contributed by atoms with E-state index in [4.69, 9.17) is 9.47 Å². The Morgan fingerprint density at radius 2 is 2.19 bits per heavy atom. The fourth-order valence-electron chi connectivity index (χ4n) is 1.90. The second-order valence-electron chi connectivity index (χ2n) is 4.05. The molecular weight excluding hydrogens is 206 g/mol. The molecule has 2 heterocycles. The van der Waals surface area contributed by atoms with Gasteiger partial charge in [-0.3, -0.25) is 4.79 Å². The number of nitrogens with zero attached hydrogens (tertiary/aromatic N) is 1. The summed E-state index contributed by atoms with van der Waals surface area (Å²) in [4.78, 5) is 14.0. The van der Waals surface area contributed by atoms with E-state index in [1.54, 1.807) is 0 Å². The number of hydrogen-bond donors (Lipinski definition) is 0. The van der Waals surface area contributed by atoms with Gasteiger partial charge in [0.1, 0.15) is 12.4 Å². The normalized spacial score (nSPS) is 23.4. The van der Waals surface area contributed by atoms with Gasteiger partial charge in [-0.1, -0.05) is 12.1 Å². The van der Waals surface area contributed by atoms with Gasteiger partial charge < -0.3 is 14.4 Å². The Labute approximate surface area is 93.8 Å². The Hall–Kier alpha value is -1.55. The topological polar surface area (TPSA) is 42.1 Å². The van der Waals surface area contributed by atoms with Crippen LogP contribution in [0.1, 0.15) is 10.4 Å². The number of amides is 1. The zero-order valence-corrected chi connectivity index (χ0v) is 8.89. The summed E-state index contributed by atoms with van der Waals surface area (Å²) in [6.07, 6.45) is 0.231. The van der Waals surface area contributed by atoms with Gasteiger partial charge in [-0.15, -0.1) is 0 Å². The summed E-state index contributed by atoms with van der Waals surface area (Å²) in [7, 11) is 0. The highest BCUT2D eigenvalue weighted by Gasteiger charge is 2.30. The average Bonchev–Trinajstić information content (AvgIpc) is 3.11. The molecule has 3 rings (SSSR count). The van der Waals surface area contributed by atoms with Crippen LogP contribution in [0.5, 0.6) is 5.75 Å². The van der Waals surface area contributed by atoms with Crippen molar-refractivity contribution in [2.45, 2.75) is 6.10 Å². The van der Waals surface area contributed by atoms with Crippen molar-refractivity contribution in [2.24, 2.45) is 0 Å². The van der Waals surface area contributed by atoms with Crippen molar-refractivity contribution >= 4 is 5.91 Å². The standard InChI is InChI=1S/C12H13NO3/c14-12-10-3-1-2-4-11(10)15-6-5-13(12)7-9-8-16-9/h1-4,9H,5-8H2. The van der Waals surface area contributed by atoms with Crippen LogP contribution < -0.4 is 4.74 Å². The highest BCUT2D eigenvalue weighted by atomic mass is 16.6. The molecule has 0 aromatic heterocycles. The van der Waals surface area contributed by atoms with Gasteiger partial charge >= 0.3 is 0 Å². The molecule has 0 spiro atoms. The van der Waals surface area contributed by atoms with Crippen molar-refractivity contribution in [3.05, 3.63) is 29.8 Å². The first-order valence-corrected chi connectivity index (χ1v) is 5.47. The molecule has 1 unspecified atom stereocenters. The minimum absolute atomic E-state index is 0.0450. The number of para-hydroxylation sites is 1. The van der Waals surface area contributed by atoms with E-state index in [1.165, 1.54) is 0 Å². The molecule has 1 saturated heterocycles. The van der Waals surface area contributed by atoms with Gasteiger partial charge in [-0.05, 0) is 12.1 Å². The molecule has 1 amide bonds. The number of epoxide rings is 1. The Morgan fingerprint density at radius 3 is 3.00 bits per heavy atom. The lowest BCUT2D eigenvalue weighted by Crippen LogP contribution is -2.35. The van der Waals surface area contributed by atoms with Crippen molar-refractivity contribution in [3.63, 3.8) is 0 Å². The molecule has 2 aliphatic heterocycles. The molecule has 0 saturated carbocycles. The molecule has 1 fully saturated rings. The smallest absolute Gasteiger partial charge is 0.257 e. The highest BCUT2D eigenvalue weighted by molar-refractivity contribution is 5.97. The molecule has 2 aliphatic rings. The second-order valence-corrected chi connectivity index (χ2v) is 4.05. The van der Waals surface area contributed by atoms with E-state index in [-0.39, 0.29) is 12.0 Å². The van der Waals surface area contributed by atoms with Crippen LogP contribution in [0.2, 0.25) is 0 Å². The summed E-state index contributed by atoms with van der Waals surface area (Å²) in [5, 5.41) is 0. The monoisotopic (exact) mass is 219 g/mol. The van der Waals surface area contributed by atoms with Crippen LogP contribution in [0, 0.1) is 0 Å². The number of fused-ring (bicyclic) bond motifs is 1. The van der Waals surface area contributed by atoms with E-state index >= 15 is 0 Å². The van der Waals surface area contributed by atoms with Crippen LogP contribution in [0.3, 0.4) is 0 Å². The van der Waals surface area contributed by atoms with E-state index in [0.717, 1.165) is 6.61 Å². The molecule has 4 nitrogen and oxygen atoms in total. The lowest BCUT2D eigenvalue weighted by molar-refractivity contribution is 0.0742. The molecule has 1 aromatic rings. The van der Waals surface area contributed by atoms with E-state index in [2.05, 4.69) is 0 Å². The van der Waals surface area contributed by atoms with E-state index in [9.17, 15) is 4.79 Å². The van der Waals surface area contributed by atoms with Crippen LogP contribution >= 0.6 is 0 Å². The molecule has 1 atom stereocenters. The lowest BCUT2D eigenvalue weighted by atomic mass is 10.2. The number of hydrogen-bond acceptors (Lipinski definition) is 3. The maximum absolute atomic E-state index is 12.2. The molecule has 4 heteroatoms. The van der Waals surface area contributed by atoms with Crippen LogP contribution in [0.4, 0.5) is 0 Å². The summed E-state index contributed by atoms with van der Waals surface area (Å²) in [6, 6.07) is 7.39. The quantitative estimate of drug-likeness (QED) is 0.694. The fourth-order valence-corrected chi connectivity index (χ4v) is 1.90. The first kappa shape index (κ1) is 9.66. The van der Waals surface area contributed by atoms with E-state index in [0.29, 0.717) is 31.0 Å². The van der Waals surface area contributed by atoms with Gasteiger partial charge in [0.05, 0.1) is 24.8 Å². The van der Waals surface area contributed by atoms with Gasteiger partial charge in [0, 0.05) is 6.54 Å². The summed E-state index contributed by atoms with van der Waals surface area (Å²) >= 11 is 0. The van der Waals surface area contributed by atoms with Gasteiger partial charge in [-0.25, -0.2) is 0 Å². The second kappa shape index (κ2) is 3.79. The highest BCUT2D eigenvalue weighted by Crippen LogP contribution is 2.23. The zero-order valence-electron chi connectivity index (χ0n) is 8.89. The predicted molar refractivity (Wildman–Crippen MR) is 57.6 cm³/mol. The molecule has 16 heavy (non-hydrogen) atoms. The fraction of sp³-hybridized carbons (Fsp3) is 0.417. The number of rotatable bonds is 2. The third-order valence-corrected chi connectivity index (χ3v) is 2.85. The van der Waals surface area contributed by atoms with E-state index < -0.39 is 0 Å². The Morgan fingerprint density at radius 1 is 1.38 bits per heavy atom. The van der Waals surface area contributed by atoms with E-state index in [1.807, 2.05) is 29.2 Å². The average molecular weight is 219 g/mol. The van der Waals surface area contributed by atoms with Gasteiger partial charge in [0.2, 0.25) is 0 Å². The number of benzene rings is 1. The van der Waals surface area contributed by atoms with Crippen LogP contribution in [0.25, 0.3) is 0 Å². The maximum Gasteiger partial charge on any atom is 0.257 e. The number of ether oxygens (including phenoxy) is 2. The molecule has 0 bridgehead atoms.